The van der Waals surface area contributed by atoms with Crippen LogP contribution in [0.3, 0.4) is 0 Å². The lowest BCUT2D eigenvalue weighted by molar-refractivity contribution is -0.142. The third-order valence-corrected chi connectivity index (χ3v) is 6.65. The normalized spacial score (nSPS) is 17.3. The van der Waals surface area contributed by atoms with Gasteiger partial charge in [-0.2, -0.15) is 0 Å². The van der Waals surface area contributed by atoms with Crippen LogP contribution in [0.2, 0.25) is 0 Å². The van der Waals surface area contributed by atoms with Gasteiger partial charge in [0.1, 0.15) is 12.4 Å². The van der Waals surface area contributed by atoms with Gasteiger partial charge in [-0.05, 0) is 36.8 Å². The summed E-state index contributed by atoms with van der Waals surface area (Å²) in [5.74, 6) is -0.0633. The van der Waals surface area contributed by atoms with Crippen LogP contribution in [-0.4, -0.2) is 59.2 Å². The second-order valence-corrected chi connectivity index (χ2v) is 9.20. The first-order valence-electron chi connectivity index (χ1n) is 12.1. The van der Waals surface area contributed by atoms with Crippen LogP contribution in [0.25, 0.3) is 0 Å². The van der Waals surface area contributed by atoms with E-state index in [1.807, 2.05) is 79.7 Å². The number of pyridine rings is 1. The monoisotopic (exact) mass is 485 g/mol. The van der Waals surface area contributed by atoms with Gasteiger partial charge in [-0.25, -0.2) is 0 Å². The smallest absolute Gasteiger partial charge is 0.240 e. The lowest BCUT2D eigenvalue weighted by atomic mass is 9.75. The Labute approximate surface area is 211 Å². The molecule has 0 aliphatic carbocycles. The molecule has 3 aromatic rings. The molecule has 2 heterocycles. The van der Waals surface area contributed by atoms with Gasteiger partial charge < -0.3 is 9.64 Å². The lowest BCUT2D eigenvalue weighted by Crippen LogP contribution is -2.43. The Morgan fingerprint density at radius 3 is 2.44 bits per heavy atom. The Hall–Kier alpha value is -4.00. The highest BCUT2D eigenvalue weighted by atomic mass is 16.5. The molecular weight excluding hydrogens is 454 g/mol. The van der Waals surface area contributed by atoms with Gasteiger partial charge in [-0.15, -0.1) is 0 Å². The number of benzene rings is 2. The summed E-state index contributed by atoms with van der Waals surface area (Å²) in [5, 5.41) is 0. The third kappa shape index (κ3) is 5.62. The molecule has 1 atom stereocenters. The average Bonchev–Trinajstić information content (AvgIpc) is 3.14. The van der Waals surface area contributed by atoms with Crippen LogP contribution in [0.5, 0.6) is 5.75 Å². The molecule has 0 radical (unpaired) electrons. The van der Waals surface area contributed by atoms with Crippen LogP contribution in [0.15, 0.2) is 79.0 Å². The zero-order valence-corrected chi connectivity index (χ0v) is 20.7. The SMILES string of the molecule is Cc1ccc(OCCN(C)C(=O)C[C@]2(c3ccccc3)CC(=O)N(CCc3ccccn3)C2=O)cc1. The van der Waals surface area contributed by atoms with E-state index in [2.05, 4.69) is 4.98 Å². The minimum absolute atomic E-state index is 0.0302. The van der Waals surface area contributed by atoms with Crippen molar-refractivity contribution in [3.8, 4) is 5.75 Å². The van der Waals surface area contributed by atoms with Gasteiger partial charge in [0.15, 0.2) is 0 Å². The van der Waals surface area contributed by atoms with Crippen molar-refractivity contribution in [1.29, 1.82) is 0 Å². The highest BCUT2D eigenvalue weighted by Gasteiger charge is 2.53. The molecule has 186 valence electrons. The largest absolute Gasteiger partial charge is 0.492 e. The molecule has 0 spiro atoms. The van der Waals surface area contributed by atoms with Crippen molar-refractivity contribution >= 4 is 17.7 Å². The highest BCUT2D eigenvalue weighted by molar-refractivity contribution is 6.10. The van der Waals surface area contributed by atoms with E-state index in [4.69, 9.17) is 4.74 Å². The summed E-state index contributed by atoms with van der Waals surface area (Å²) in [6.45, 7) is 2.93. The molecule has 0 unspecified atom stereocenters. The number of aryl methyl sites for hydroxylation is 1. The minimum Gasteiger partial charge on any atom is -0.492 e. The topological polar surface area (TPSA) is 79.8 Å². The van der Waals surface area contributed by atoms with E-state index in [-0.39, 0.29) is 37.1 Å². The lowest BCUT2D eigenvalue weighted by Gasteiger charge is -2.29. The molecule has 1 fully saturated rings. The predicted octanol–water partition coefficient (Wildman–Crippen LogP) is 3.56. The van der Waals surface area contributed by atoms with Gasteiger partial charge in [0.05, 0.1) is 12.0 Å². The molecule has 2 aromatic carbocycles. The fourth-order valence-corrected chi connectivity index (χ4v) is 4.48. The number of aromatic nitrogens is 1. The van der Waals surface area contributed by atoms with Crippen molar-refractivity contribution in [3.63, 3.8) is 0 Å². The minimum atomic E-state index is -1.22. The number of ether oxygens (including phenoxy) is 1. The van der Waals surface area contributed by atoms with E-state index in [9.17, 15) is 14.4 Å². The third-order valence-electron chi connectivity index (χ3n) is 6.65. The fraction of sp³-hybridized carbons (Fsp3) is 0.310. The number of hydrogen-bond acceptors (Lipinski definition) is 5. The highest BCUT2D eigenvalue weighted by Crippen LogP contribution is 2.40. The Morgan fingerprint density at radius 1 is 1.03 bits per heavy atom. The first-order chi connectivity index (χ1) is 17.4. The molecule has 1 aliphatic rings. The molecule has 36 heavy (non-hydrogen) atoms. The van der Waals surface area contributed by atoms with Crippen LogP contribution in [-0.2, 0) is 26.2 Å². The number of nitrogens with zero attached hydrogens (tertiary/aromatic N) is 3. The summed E-state index contributed by atoms with van der Waals surface area (Å²) in [5.41, 5.74) is 1.41. The zero-order valence-electron chi connectivity index (χ0n) is 20.7. The van der Waals surface area contributed by atoms with Crippen molar-refractivity contribution in [3.05, 3.63) is 95.8 Å². The summed E-state index contributed by atoms with van der Waals surface area (Å²) in [7, 11) is 1.69. The fourth-order valence-electron chi connectivity index (χ4n) is 4.48. The molecule has 7 nitrogen and oxygen atoms in total. The number of amides is 3. The van der Waals surface area contributed by atoms with Crippen LogP contribution < -0.4 is 4.74 Å². The molecular formula is C29H31N3O4. The number of carbonyl (C=O) groups excluding carboxylic acids is 3. The Bertz CT molecular complexity index is 1200. The van der Waals surface area contributed by atoms with Gasteiger partial charge in [0, 0.05) is 44.7 Å². The maximum atomic E-state index is 13.7. The second kappa shape index (κ2) is 11.2. The summed E-state index contributed by atoms with van der Waals surface area (Å²) in [4.78, 5) is 47.2. The standard InChI is InChI=1S/C29H31N3O4/c1-22-11-13-25(14-12-22)36-19-18-31(2)26(33)20-29(23-8-4-3-5-9-23)21-27(34)32(28(29)35)17-15-24-10-6-7-16-30-24/h3-14,16H,15,17-21H2,1-2H3/t29-/m1/s1. The van der Waals surface area contributed by atoms with E-state index in [1.165, 1.54) is 4.90 Å². The van der Waals surface area contributed by atoms with Crippen LogP contribution in [0, 0.1) is 6.92 Å². The molecule has 0 N–H and O–H groups in total. The van der Waals surface area contributed by atoms with E-state index in [1.54, 1.807) is 18.1 Å². The van der Waals surface area contributed by atoms with Crippen molar-refractivity contribution in [2.45, 2.75) is 31.6 Å². The molecule has 4 rings (SSSR count). The predicted molar refractivity (Wildman–Crippen MR) is 136 cm³/mol. The Morgan fingerprint density at radius 2 is 1.75 bits per heavy atom. The van der Waals surface area contributed by atoms with Crippen molar-refractivity contribution < 1.29 is 19.1 Å². The molecule has 1 saturated heterocycles. The molecule has 7 heteroatoms. The number of likely N-dealkylation sites (N-methyl/N-ethyl adjacent to an activating group) is 1. The van der Waals surface area contributed by atoms with E-state index in [0.717, 1.165) is 17.0 Å². The van der Waals surface area contributed by atoms with Crippen molar-refractivity contribution in [2.24, 2.45) is 0 Å². The van der Waals surface area contributed by atoms with E-state index < -0.39 is 5.41 Å². The summed E-state index contributed by atoms with van der Waals surface area (Å²) >= 11 is 0. The van der Waals surface area contributed by atoms with Gasteiger partial charge in [-0.1, -0.05) is 54.1 Å². The average molecular weight is 486 g/mol. The van der Waals surface area contributed by atoms with Crippen LogP contribution >= 0.6 is 0 Å². The quantitative estimate of drug-likeness (QED) is 0.410. The zero-order chi connectivity index (χ0) is 25.5. The summed E-state index contributed by atoms with van der Waals surface area (Å²) < 4.78 is 5.76. The molecule has 1 aromatic heterocycles. The van der Waals surface area contributed by atoms with Crippen LogP contribution in [0.4, 0.5) is 0 Å². The van der Waals surface area contributed by atoms with Crippen molar-refractivity contribution in [1.82, 2.24) is 14.8 Å². The number of hydrogen-bond donors (Lipinski definition) is 0. The maximum absolute atomic E-state index is 13.7. The van der Waals surface area contributed by atoms with Gasteiger partial charge in [0.2, 0.25) is 17.7 Å². The molecule has 0 saturated carbocycles. The Balaban J connectivity index is 1.46. The van der Waals surface area contributed by atoms with Gasteiger partial charge in [0.25, 0.3) is 0 Å². The number of carbonyl (C=O) groups is 3. The summed E-state index contributed by atoms with van der Waals surface area (Å²) in [6, 6.07) is 22.4. The number of imide groups is 1. The molecule has 3 amide bonds. The van der Waals surface area contributed by atoms with E-state index in [0.29, 0.717) is 25.1 Å². The van der Waals surface area contributed by atoms with Crippen LogP contribution in [0.1, 0.15) is 29.7 Å². The first-order valence-corrected chi connectivity index (χ1v) is 12.1. The Kier molecular flexibility index (Phi) is 7.78. The molecule has 0 bridgehead atoms. The van der Waals surface area contributed by atoms with Gasteiger partial charge in [-0.3, -0.25) is 24.3 Å². The molecule has 1 aliphatic heterocycles. The van der Waals surface area contributed by atoms with Crippen molar-refractivity contribution in [2.75, 3.05) is 26.7 Å². The second-order valence-electron chi connectivity index (χ2n) is 9.20. The summed E-state index contributed by atoms with van der Waals surface area (Å²) in [6.07, 6.45) is 2.04. The van der Waals surface area contributed by atoms with Gasteiger partial charge >= 0.3 is 0 Å². The van der Waals surface area contributed by atoms with E-state index >= 15 is 0 Å². The number of rotatable bonds is 10. The maximum Gasteiger partial charge on any atom is 0.240 e. The first kappa shape index (κ1) is 25.1. The number of likely N-dealkylation sites (tertiary alicyclic amines) is 1.